The van der Waals surface area contributed by atoms with Crippen LogP contribution in [0.5, 0.6) is 0 Å². The van der Waals surface area contributed by atoms with E-state index in [2.05, 4.69) is 56.8 Å². The second kappa shape index (κ2) is 9.57. The number of amides is 1. The molecule has 1 aromatic carbocycles. The lowest BCUT2D eigenvalue weighted by Gasteiger charge is -2.33. The molecule has 1 aliphatic carbocycles. The molecule has 0 bridgehead atoms. The fourth-order valence-electron chi connectivity index (χ4n) is 5.57. The van der Waals surface area contributed by atoms with Gasteiger partial charge < -0.3 is 10.2 Å². The van der Waals surface area contributed by atoms with Crippen molar-refractivity contribution in [1.29, 1.82) is 0 Å². The van der Waals surface area contributed by atoms with Gasteiger partial charge in [0.15, 0.2) is 0 Å². The van der Waals surface area contributed by atoms with Gasteiger partial charge in [-0.1, -0.05) is 43.9 Å². The summed E-state index contributed by atoms with van der Waals surface area (Å²) in [5, 5.41) is 12.1. The Morgan fingerprint density at radius 2 is 1.81 bits per heavy atom. The van der Waals surface area contributed by atoms with Crippen LogP contribution >= 0.6 is 0 Å². The van der Waals surface area contributed by atoms with Crippen molar-refractivity contribution in [1.82, 2.24) is 14.9 Å². The lowest BCUT2D eigenvalue weighted by molar-refractivity contribution is -0.120. The fourth-order valence-corrected chi connectivity index (χ4v) is 5.57. The molecule has 2 unspecified atom stereocenters. The number of rotatable bonds is 5. The molecule has 0 radical (unpaired) electrons. The number of hydrogen-bond donors (Lipinski definition) is 1. The fraction of sp³-hybridized carbons (Fsp3) is 0.577. The van der Waals surface area contributed by atoms with Gasteiger partial charge in [-0.15, -0.1) is 0 Å². The van der Waals surface area contributed by atoms with E-state index >= 15 is 0 Å². The molecular formula is C26H35N5O. The summed E-state index contributed by atoms with van der Waals surface area (Å²) in [4.78, 5) is 19.8. The summed E-state index contributed by atoms with van der Waals surface area (Å²) in [5.41, 5.74) is 1.28. The van der Waals surface area contributed by atoms with Crippen LogP contribution in [0.15, 0.2) is 35.6 Å². The SMILES string of the molecule is CN1N=CC(c2ccc3cnc(NC(=O)C4CCCCC4)cc3c2)C1CN1CCCCC1. The second-order valence-electron chi connectivity index (χ2n) is 9.79. The number of anilines is 1. The van der Waals surface area contributed by atoms with Crippen LogP contribution in [0, 0.1) is 5.92 Å². The largest absolute Gasteiger partial charge is 0.310 e. The molecule has 2 atom stereocenters. The van der Waals surface area contributed by atoms with Crippen LogP contribution in [0.2, 0.25) is 0 Å². The first-order valence-corrected chi connectivity index (χ1v) is 12.4. The smallest absolute Gasteiger partial charge is 0.228 e. The van der Waals surface area contributed by atoms with E-state index in [4.69, 9.17) is 0 Å². The van der Waals surface area contributed by atoms with E-state index in [-0.39, 0.29) is 17.7 Å². The number of benzene rings is 1. The lowest BCUT2D eigenvalue weighted by atomic mass is 9.88. The third kappa shape index (κ3) is 4.65. The Bertz CT molecular complexity index is 977. The van der Waals surface area contributed by atoms with Crippen molar-refractivity contribution in [2.75, 3.05) is 32.0 Å². The molecule has 6 heteroatoms. The molecule has 6 nitrogen and oxygen atoms in total. The maximum Gasteiger partial charge on any atom is 0.228 e. The first-order chi connectivity index (χ1) is 15.7. The highest BCUT2D eigenvalue weighted by molar-refractivity contribution is 5.94. The van der Waals surface area contributed by atoms with Gasteiger partial charge in [-0.2, -0.15) is 5.10 Å². The van der Waals surface area contributed by atoms with Crippen LogP contribution in [0.3, 0.4) is 0 Å². The summed E-state index contributed by atoms with van der Waals surface area (Å²) >= 11 is 0. The number of fused-ring (bicyclic) bond motifs is 1. The maximum absolute atomic E-state index is 12.7. The molecule has 0 spiro atoms. The zero-order valence-corrected chi connectivity index (χ0v) is 19.2. The predicted molar refractivity (Wildman–Crippen MR) is 130 cm³/mol. The molecule has 2 fully saturated rings. The van der Waals surface area contributed by atoms with Crippen LogP contribution in [-0.4, -0.2) is 59.7 Å². The number of likely N-dealkylation sites (N-methyl/N-ethyl adjacent to an activating group) is 1. The van der Waals surface area contributed by atoms with Crippen LogP contribution in [0.25, 0.3) is 10.8 Å². The van der Waals surface area contributed by atoms with Gasteiger partial charge in [0, 0.05) is 43.2 Å². The Labute approximate surface area is 191 Å². The predicted octanol–water partition coefficient (Wildman–Crippen LogP) is 4.62. The number of piperidine rings is 1. The second-order valence-corrected chi connectivity index (χ2v) is 9.79. The van der Waals surface area contributed by atoms with Crippen molar-refractivity contribution in [2.45, 2.75) is 63.3 Å². The molecule has 32 heavy (non-hydrogen) atoms. The van der Waals surface area contributed by atoms with Gasteiger partial charge in [0.1, 0.15) is 5.82 Å². The first-order valence-electron chi connectivity index (χ1n) is 12.4. The molecule has 1 N–H and O–H groups in total. The van der Waals surface area contributed by atoms with Gasteiger partial charge >= 0.3 is 0 Å². The third-order valence-electron chi connectivity index (χ3n) is 7.56. The summed E-state index contributed by atoms with van der Waals surface area (Å²) in [6.07, 6.45) is 13.5. The zero-order valence-electron chi connectivity index (χ0n) is 19.2. The minimum Gasteiger partial charge on any atom is -0.310 e. The molecule has 1 saturated heterocycles. The molecule has 2 aliphatic heterocycles. The van der Waals surface area contributed by atoms with E-state index < -0.39 is 0 Å². The summed E-state index contributed by atoms with van der Waals surface area (Å²) < 4.78 is 0. The number of carbonyl (C=O) groups is 1. The zero-order chi connectivity index (χ0) is 21.9. The molecule has 1 aromatic heterocycles. The van der Waals surface area contributed by atoms with Crippen LogP contribution in [-0.2, 0) is 4.79 Å². The molecule has 3 heterocycles. The van der Waals surface area contributed by atoms with Gasteiger partial charge in [0.05, 0.1) is 6.04 Å². The average molecular weight is 434 g/mol. The van der Waals surface area contributed by atoms with Gasteiger partial charge in [-0.05, 0) is 55.8 Å². The van der Waals surface area contributed by atoms with Gasteiger partial charge in [-0.3, -0.25) is 9.80 Å². The molecule has 5 rings (SSSR count). The number of nitrogens with zero attached hydrogens (tertiary/aromatic N) is 4. The number of pyridine rings is 1. The van der Waals surface area contributed by atoms with E-state index in [1.807, 2.05) is 12.3 Å². The molecule has 2 aromatic rings. The van der Waals surface area contributed by atoms with E-state index in [1.54, 1.807) is 0 Å². The Kier molecular flexibility index (Phi) is 6.39. The van der Waals surface area contributed by atoms with Crippen molar-refractivity contribution < 1.29 is 4.79 Å². The average Bonchev–Trinajstić information content (AvgIpc) is 3.19. The summed E-state index contributed by atoms with van der Waals surface area (Å²) in [7, 11) is 2.09. The number of hydrazone groups is 1. The summed E-state index contributed by atoms with van der Waals surface area (Å²) in [6.45, 7) is 3.45. The Balaban J connectivity index is 1.33. The monoisotopic (exact) mass is 433 g/mol. The van der Waals surface area contributed by atoms with Crippen LogP contribution in [0.1, 0.15) is 62.8 Å². The number of carbonyl (C=O) groups excluding carboxylic acids is 1. The van der Waals surface area contributed by atoms with Crippen molar-refractivity contribution in [3.8, 4) is 0 Å². The van der Waals surface area contributed by atoms with Gasteiger partial charge in [0.25, 0.3) is 0 Å². The Hall–Kier alpha value is -2.47. The number of nitrogens with one attached hydrogen (secondary N) is 1. The highest BCUT2D eigenvalue weighted by Crippen LogP contribution is 2.31. The van der Waals surface area contributed by atoms with Gasteiger partial charge in [0.2, 0.25) is 5.91 Å². The third-order valence-corrected chi connectivity index (χ3v) is 7.56. The van der Waals surface area contributed by atoms with E-state index in [0.717, 1.165) is 43.0 Å². The van der Waals surface area contributed by atoms with E-state index in [0.29, 0.717) is 11.9 Å². The van der Waals surface area contributed by atoms with Crippen LogP contribution in [0.4, 0.5) is 5.82 Å². The Morgan fingerprint density at radius 1 is 1.03 bits per heavy atom. The summed E-state index contributed by atoms with van der Waals surface area (Å²) in [6, 6.07) is 9.00. The minimum absolute atomic E-state index is 0.124. The quantitative estimate of drug-likeness (QED) is 0.747. The van der Waals surface area contributed by atoms with Crippen LogP contribution < -0.4 is 5.32 Å². The lowest BCUT2D eigenvalue weighted by Crippen LogP contribution is -2.43. The maximum atomic E-state index is 12.7. The van der Waals surface area contributed by atoms with E-state index in [9.17, 15) is 4.79 Å². The number of aromatic nitrogens is 1. The van der Waals surface area contributed by atoms with Crippen molar-refractivity contribution in [3.63, 3.8) is 0 Å². The van der Waals surface area contributed by atoms with E-state index in [1.165, 1.54) is 44.3 Å². The standard InChI is InChI=1S/C26H35N5O/c1-30-24(18-31-12-6-3-7-13-31)23(17-28-30)20-10-11-21-16-27-25(15-22(21)14-20)29-26(32)19-8-4-2-5-9-19/h10-11,14-17,19,23-24H,2-9,12-13,18H2,1H3,(H,27,29,32). The highest BCUT2D eigenvalue weighted by atomic mass is 16.1. The molecular weight excluding hydrogens is 398 g/mol. The molecule has 3 aliphatic rings. The molecule has 1 amide bonds. The molecule has 1 saturated carbocycles. The Morgan fingerprint density at radius 3 is 2.62 bits per heavy atom. The van der Waals surface area contributed by atoms with Crippen molar-refractivity contribution in [2.24, 2.45) is 11.0 Å². The minimum atomic E-state index is 0.124. The van der Waals surface area contributed by atoms with Crippen molar-refractivity contribution >= 4 is 28.7 Å². The summed E-state index contributed by atoms with van der Waals surface area (Å²) in [5.74, 6) is 1.19. The van der Waals surface area contributed by atoms with Crippen molar-refractivity contribution in [3.05, 3.63) is 36.0 Å². The topological polar surface area (TPSA) is 60.8 Å². The normalized spacial score (nSPS) is 24.8. The highest BCUT2D eigenvalue weighted by Gasteiger charge is 2.32. The number of likely N-dealkylation sites (tertiary alicyclic amines) is 1. The number of hydrogen-bond acceptors (Lipinski definition) is 5. The molecule has 170 valence electrons. The first kappa shape index (κ1) is 21.4. The van der Waals surface area contributed by atoms with Gasteiger partial charge in [-0.25, -0.2) is 4.98 Å².